The van der Waals surface area contributed by atoms with E-state index in [2.05, 4.69) is 72.0 Å². The van der Waals surface area contributed by atoms with Crippen LogP contribution in [-0.2, 0) is 0 Å². The molecule has 1 N–H and O–H groups in total. The molecule has 3 rings (SSSR count). The van der Waals surface area contributed by atoms with Gasteiger partial charge in [-0.2, -0.15) is 0 Å². The van der Waals surface area contributed by atoms with Gasteiger partial charge in [0.25, 0.3) is 0 Å². The summed E-state index contributed by atoms with van der Waals surface area (Å²) in [6.45, 7) is 6.43. The first-order chi connectivity index (χ1) is 10.1. The van der Waals surface area contributed by atoms with E-state index >= 15 is 0 Å². The first kappa shape index (κ1) is 14.2. The van der Waals surface area contributed by atoms with Crippen molar-refractivity contribution in [1.29, 1.82) is 0 Å². The number of hydrogen-bond acceptors (Lipinski definition) is 3. The summed E-state index contributed by atoms with van der Waals surface area (Å²) in [5, 5.41) is 9.48. The number of thiazole rings is 1. The van der Waals surface area contributed by atoms with Crippen molar-refractivity contribution in [2.24, 2.45) is 0 Å². The first-order valence-corrected chi connectivity index (χ1v) is 8.18. The summed E-state index contributed by atoms with van der Waals surface area (Å²) in [6.07, 6.45) is 0. The second-order valence-electron chi connectivity index (χ2n) is 5.54. The molecule has 3 heteroatoms. The molecule has 0 saturated carbocycles. The molecule has 0 aliphatic rings. The molecular weight excluding hydrogens is 276 g/mol. The quantitative estimate of drug-likeness (QED) is 0.731. The number of fused-ring (bicyclic) bond motifs is 1. The van der Waals surface area contributed by atoms with E-state index in [0.717, 1.165) is 10.7 Å². The Bertz CT molecular complexity index is 748. The molecule has 0 bridgehead atoms. The Labute approximate surface area is 129 Å². The summed E-state index contributed by atoms with van der Waals surface area (Å²) in [4.78, 5) is 4.56. The average molecular weight is 296 g/mol. The van der Waals surface area contributed by atoms with Crippen molar-refractivity contribution in [1.82, 2.24) is 10.3 Å². The number of hydrogen-bond donors (Lipinski definition) is 1. The van der Waals surface area contributed by atoms with Crippen LogP contribution in [0.1, 0.15) is 42.2 Å². The molecule has 0 aliphatic heterocycles. The van der Waals surface area contributed by atoms with E-state index in [1.807, 2.05) is 6.92 Å². The Balaban J connectivity index is 1.78. The summed E-state index contributed by atoms with van der Waals surface area (Å²) in [5.74, 6) is 0. The Morgan fingerprint density at radius 2 is 1.76 bits per heavy atom. The highest BCUT2D eigenvalue weighted by molar-refractivity contribution is 7.09. The zero-order valence-electron chi connectivity index (χ0n) is 12.6. The van der Waals surface area contributed by atoms with Gasteiger partial charge in [-0.1, -0.05) is 36.4 Å². The zero-order chi connectivity index (χ0) is 14.8. The van der Waals surface area contributed by atoms with Gasteiger partial charge in [0.15, 0.2) is 0 Å². The summed E-state index contributed by atoms with van der Waals surface area (Å²) >= 11 is 1.72. The molecule has 1 aromatic heterocycles. The first-order valence-electron chi connectivity index (χ1n) is 7.30. The van der Waals surface area contributed by atoms with Gasteiger partial charge in [-0.3, -0.25) is 0 Å². The summed E-state index contributed by atoms with van der Waals surface area (Å²) < 4.78 is 0. The highest BCUT2D eigenvalue weighted by atomic mass is 32.1. The van der Waals surface area contributed by atoms with Gasteiger partial charge in [-0.05, 0) is 43.2 Å². The number of nitrogens with one attached hydrogen (secondary N) is 1. The SMILES string of the molecule is Cc1csc(C(C)NC(C)c2ccc3ccccc3c2)n1. The van der Waals surface area contributed by atoms with Crippen LogP contribution < -0.4 is 5.32 Å². The molecule has 0 amide bonds. The molecule has 0 spiro atoms. The van der Waals surface area contributed by atoms with Crippen molar-refractivity contribution in [2.75, 3.05) is 0 Å². The topological polar surface area (TPSA) is 24.9 Å². The van der Waals surface area contributed by atoms with Crippen LogP contribution in [0.3, 0.4) is 0 Å². The van der Waals surface area contributed by atoms with Crippen molar-refractivity contribution >= 4 is 22.1 Å². The fourth-order valence-electron chi connectivity index (χ4n) is 2.59. The van der Waals surface area contributed by atoms with Gasteiger partial charge in [0.1, 0.15) is 5.01 Å². The van der Waals surface area contributed by atoms with Gasteiger partial charge < -0.3 is 5.32 Å². The van der Waals surface area contributed by atoms with Crippen LogP contribution in [0.5, 0.6) is 0 Å². The van der Waals surface area contributed by atoms with Crippen LogP contribution in [0, 0.1) is 6.92 Å². The lowest BCUT2D eigenvalue weighted by molar-refractivity contribution is 0.493. The molecule has 2 atom stereocenters. The maximum atomic E-state index is 4.56. The molecule has 2 unspecified atom stereocenters. The second kappa shape index (κ2) is 5.96. The lowest BCUT2D eigenvalue weighted by Gasteiger charge is -2.19. The van der Waals surface area contributed by atoms with Crippen LogP contribution in [-0.4, -0.2) is 4.98 Å². The largest absolute Gasteiger partial charge is 0.302 e. The van der Waals surface area contributed by atoms with Crippen molar-refractivity contribution in [3.63, 3.8) is 0 Å². The van der Waals surface area contributed by atoms with Gasteiger partial charge in [0.2, 0.25) is 0 Å². The third kappa shape index (κ3) is 3.14. The minimum Gasteiger partial charge on any atom is -0.302 e. The monoisotopic (exact) mass is 296 g/mol. The molecule has 0 radical (unpaired) electrons. The fraction of sp³-hybridized carbons (Fsp3) is 0.278. The molecule has 1 heterocycles. The van der Waals surface area contributed by atoms with Gasteiger partial charge in [0.05, 0.1) is 6.04 Å². The molecule has 3 aromatic rings. The third-order valence-corrected chi connectivity index (χ3v) is 4.93. The standard InChI is InChI=1S/C18H20N2S/c1-12-11-21-18(19-12)14(3)20-13(2)16-9-8-15-6-4-5-7-17(15)10-16/h4-11,13-14,20H,1-3H3. The molecule has 0 fully saturated rings. The minimum atomic E-state index is 0.269. The van der Waals surface area contributed by atoms with E-state index in [4.69, 9.17) is 0 Å². The van der Waals surface area contributed by atoms with E-state index in [1.165, 1.54) is 16.3 Å². The third-order valence-electron chi connectivity index (χ3n) is 3.78. The van der Waals surface area contributed by atoms with Crippen LogP contribution in [0.2, 0.25) is 0 Å². The smallest absolute Gasteiger partial charge is 0.110 e. The Morgan fingerprint density at radius 1 is 1.00 bits per heavy atom. The summed E-state index contributed by atoms with van der Waals surface area (Å²) in [5.41, 5.74) is 2.41. The van der Waals surface area contributed by atoms with Gasteiger partial charge in [-0.15, -0.1) is 11.3 Å². The molecule has 2 nitrogen and oxygen atoms in total. The number of aromatic nitrogens is 1. The van der Waals surface area contributed by atoms with Gasteiger partial charge >= 0.3 is 0 Å². The van der Waals surface area contributed by atoms with E-state index in [0.29, 0.717) is 6.04 Å². The molecule has 0 aliphatic carbocycles. The van der Waals surface area contributed by atoms with Crippen molar-refractivity contribution in [2.45, 2.75) is 32.9 Å². The lowest BCUT2D eigenvalue weighted by atomic mass is 10.0. The summed E-state index contributed by atoms with van der Waals surface area (Å²) in [7, 11) is 0. The van der Waals surface area contributed by atoms with E-state index < -0.39 is 0 Å². The Kier molecular flexibility index (Phi) is 4.04. The van der Waals surface area contributed by atoms with Gasteiger partial charge in [0, 0.05) is 17.1 Å². The van der Waals surface area contributed by atoms with E-state index in [1.54, 1.807) is 11.3 Å². The van der Waals surface area contributed by atoms with Crippen LogP contribution in [0.15, 0.2) is 47.8 Å². The molecule has 0 saturated heterocycles. The maximum Gasteiger partial charge on any atom is 0.110 e. The summed E-state index contributed by atoms with van der Waals surface area (Å²) in [6, 6.07) is 15.7. The minimum absolute atomic E-state index is 0.269. The van der Waals surface area contributed by atoms with Crippen LogP contribution >= 0.6 is 11.3 Å². The fourth-order valence-corrected chi connectivity index (χ4v) is 3.40. The number of rotatable bonds is 4. The van der Waals surface area contributed by atoms with Crippen LogP contribution in [0.25, 0.3) is 10.8 Å². The second-order valence-corrected chi connectivity index (χ2v) is 6.43. The van der Waals surface area contributed by atoms with Crippen molar-refractivity contribution in [3.8, 4) is 0 Å². The highest BCUT2D eigenvalue weighted by Crippen LogP contribution is 2.24. The molecule has 108 valence electrons. The average Bonchev–Trinajstić information content (AvgIpc) is 2.93. The predicted octanol–water partition coefficient (Wildman–Crippen LogP) is 5.02. The Hall–Kier alpha value is -1.71. The highest BCUT2D eigenvalue weighted by Gasteiger charge is 2.13. The lowest BCUT2D eigenvalue weighted by Crippen LogP contribution is -2.22. The zero-order valence-corrected chi connectivity index (χ0v) is 13.4. The van der Waals surface area contributed by atoms with Crippen molar-refractivity contribution < 1.29 is 0 Å². The maximum absolute atomic E-state index is 4.56. The van der Waals surface area contributed by atoms with E-state index in [-0.39, 0.29) is 6.04 Å². The van der Waals surface area contributed by atoms with Crippen LogP contribution in [0.4, 0.5) is 0 Å². The number of aryl methyl sites for hydroxylation is 1. The molecule has 21 heavy (non-hydrogen) atoms. The normalized spacial score (nSPS) is 14.2. The number of nitrogens with zero attached hydrogens (tertiary/aromatic N) is 1. The van der Waals surface area contributed by atoms with Gasteiger partial charge in [-0.25, -0.2) is 4.98 Å². The molecule has 2 aromatic carbocycles. The van der Waals surface area contributed by atoms with Crippen molar-refractivity contribution in [3.05, 3.63) is 64.1 Å². The van der Waals surface area contributed by atoms with E-state index in [9.17, 15) is 0 Å². The predicted molar refractivity (Wildman–Crippen MR) is 90.8 cm³/mol. The Morgan fingerprint density at radius 3 is 2.48 bits per heavy atom. The molecular formula is C18H20N2S. The number of benzene rings is 2.